The van der Waals surface area contributed by atoms with Gasteiger partial charge in [0, 0.05) is 61.6 Å². The largest absolute Gasteiger partial charge is 0.497 e. The summed E-state index contributed by atoms with van der Waals surface area (Å²) in [5.41, 5.74) is 4.26. The quantitative estimate of drug-likeness (QED) is 0.348. The fourth-order valence-electron chi connectivity index (χ4n) is 6.02. The van der Waals surface area contributed by atoms with E-state index in [4.69, 9.17) is 14.6 Å². The molecule has 0 radical (unpaired) electrons. The number of hydrogen-bond donors (Lipinski definition) is 1. The molecule has 212 valence electrons. The predicted octanol–water partition coefficient (Wildman–Crippen LogP) is 5.24. The first kappa shape index (κ1) is 26.6. The molecule has 9 nitrogen and oxygen atoms in total. The molecule has 6 rings (SSSR count). The van der Waals surface area contributed by atoms with E-state index in [1.165, 1.54) is 17.0 Å². The number of piperidine rings is 1. The number of halogens is 1. The number of likely N-dealkylation sites (tertiary alicyclic amines) is 1. The van der Waals surface area contributed by atoms with Crippen molar-refractivity contribution < 1.29 is 28.6 Å². The van der Waals surface area contributed by atoms with Gasteiger partial charge in [-0.1, -0.05) is 12.1 Å². The van der Waals surface area contributed by atoms with Gasteiger partial charge in [-0.3, -0.25) is 4.79 Å². The van der Waals surface area contributed by atoms with Crippen LogP contribution in [0, 0.1) is 5.82 Å². The molecule has 3 aromatic carbocycles. The molecule has 1 fully saturated rings. The Morgan fingerprint density at radius 1 is 1.07 bits per heavy atom. The highest BCUT2D eigenvalue weighted by molar-refractivity contribution is 6.08. The number of hydrogen-bond acceptors (Lipinski definition) is 5. The molecule has 1 atom stereocenters. The molecule has 41 heavy (non-hydrogen) atoms. The summed E-state index contributed by atoms with van der Waals surface area (Å²) < 4.78 is 27.4. The zero-order valence-corrected chi connectivity index (χ0v) is 23.0. The molecule has 3 heterocycles. The van der Waals surface area contributed by atoms with Crippen molar-refractivity contribution in [2.45, 2.75) is 31.7 Å². The second-order valence-corrected chi connectivity index (χ2v) is 10.5. The van der Waals surface area contributed by atoms with Crippen molar-refractivity contribution in [3.8, 4) is 17.2 Å². The van der Waals surface area contributed by atoms with Crippen LogP contribution in [-0.2, 0) is 13.0 Å². The number of amides is 2. The number of carbonyl (C=O) groups is 2. The molecule has 2 aliphatic rings. The highest BCUT2D eigenvalue weighted by Gasteiger charge is 2.29. The summed E-state index contributed by atoms with van der Waals surface area (Å²) in [6, 6.07) is 16.1. The van der Waals surface area contributed by atoms with Gasteiger partial charge in [0.1, 0.15) is 17.3 Å². The molecular weight excluding hydrogens is 527 g/mol. The number of ether oxygens (including phenoxy) is 2. The number of carbonyl (C=O) groups excluding carboxylic acids is 1. The van der Waals surface area contributed by atoms with Crippen LogP contribution >= 0.6 is 0 Å². The van der Waals surface area contributed by atoms with Gasteiger partial charge in [-0.05, 0) is 48.7 Å². The van der Waals surface area contributed by atoms with Crippen LogP contribution in [-0.4, -0.2) is 70.5 Å². The monoisotopic (exact) mass is 558 g/mol. The summed E-state index contributed by atoms with van der Waals surface area (Å²) in [7, 11) is 3.16. The molecule has 0 saturated carbocycles. The number of nitrogens with zero attached hydrogens (tertiary/aromatic N) is 4. The Bertz CT molecular complexity index is 1630. The molecule has 2 aliphatic heterocycles. The van der Waals surface area contributed by atoms with Gasteiger partial charge in [-0.2, -0.15) is 5.10 Å². The molecule has 10 heteroatoms. The number of benzene rings is 3. The van der Waals surface area contributed by atoms with Crippen LogP contribution < -0.4 is 9.47 Å². The minimum Gasteiger partial charge on any atom is -0.497 e. The third kappa shape index (κ3) is 4.94. The zero-order valence-electron chi connectivity index (χ0n) is 23.0. The maximum absolute atomic E-state index is 14.8. The Morgan fingerprint density at radius 2 is 1.88 bits per heavy atom. The first-order valence-corrected chi connectivity index (χ1v) is 13.7. The molecular formula is C31H31FN4O5. The van der Waals surface area contributed by atoms with Gasteiger partial charge in [0.25, 0.3) is 5.91 Å². The lowest BCUT2D eigenvalue weighted by atomic mass is 9.91. The predicted molar refractivity (Wildman–Crippen MR) is 151 cm³/mol. The maximum atomic E-state index is 14.8. The Kier molecular flexibility index (Phi) is 6.98. The van der Waals surface area contributed by atoms with E-state index < -0.39 is 11.9 Å². The molecule has 1 saturated heterocycles. The lowest BCUT2D eigenvalue weighted by Crippen LogP contribution is -2.38. The van der Waals surface area contributed by atoms with Crippen LogP contribution in [0.4, 0.5) is 9.18 Å². The molecule has 0 bridgehead atoms. The SMILES string of the molecule is COc1ccc(CN2CCc3c4c(cc(F)cc4nn3-c3ccc(C4CCCN(C(=O)O)C4)cc3)C2=O)c(OC)c1. The fourth-order valence-corrected chi connectivity index (χ4v) is 6.02. The molecule has 0 aliphatic carbocycles. The van der Waals surface area contributed by atoms with E-state index in [-0.39, 0.29) is 11.8 Å². The fraction of sp³-hybridized carbons (Fsp3) is 0.323. The van der Waals surface area contributed by atoms with E-state index in [2.05, 4.69) is 0 Å². The molecule has 0 spiro atoms. The smallest absolute Gasteiger partial charge is 0.407 e. The van der Waals surface area contributed by atoms with E-state index in [1.807, 2.05) is 36.4 Å². The number of methoxy groups -OCH3 is 2. The second-order valence-electron chi connectivity index (χ2n) is 10.5. The summed E-state index contributed by atoms with van der Waals surface area (Å²) in [5.74, 6) is 0.617. The summed E-state index contributed by atoms with van der Waals surface area (Å²) in [6.07, 6.45) is 1.40. The summed E-state index contributed by atoms with van der Waals surface area (Å²) in [6.45, 7) is 1.75. The zero-order chi connectivity index (χ0) is 28.7. The van der Waals surface area contributed by atoms with E-state index in [0.717, 1.165) is 35.3 Å². The van der Waals surface area contributed by atoms with Crippen molar-refractivity contribution >= 4 is 22.9 Å². The average Bonchev–Trinajstić information content (AvgIpc) is 3.30. The summed E-state index contributed by atoms with van der Waals surface area (Å²) in [4.78, 5) is 28.4. The van der Waals surface area contributed by atoms with Crippen molar-refractivity contribution in [2.75, 3.05) is 33.9 Å². The van der Waals surface area contributed by atoms with Gasteiger partial charge in [-0.15, -0.1) is 0 Å². The van der Waals surface area contributed by atoms with E-state index >= 15 is 0 Å². The molecule has 4 aromatic rings. The summed E-state index contributed by atoms with van der Waals surface area (Å²) >= 11 is 0. The standard InChI is InChI=1S/C31H31FN4O5/c1-40-24-10-7-21(28(16-24)41-2)18-34-13-11-27-29-25(30(34)37)14-22(32)15-26(29)33-36(27)23-8-5-19(6-9-23)20-4-3-12-35(17-20)31(38)39/h5-10,14-16,20H,3-4,11-13,17-18H2,1-2H3,(H,38,39). The van der Waals surface area contributed by atoms with Gasteiger partial charge >= 0.3 is 6.09 Å². The minimum atomic E-state index is -0.887. The van der Waals surface area contributed by atoms with Gasteiger partial charge in [0.2, 0.25) is 0 Å². The van der Waals surface area contributed by atoms with Crippen LogP contribution in [0.5, 0.6) is 11.5 Å². The van der Waals surface area contributed by atoms with Crippen molar-refractivity contribution in [2.24, 2.45) is 0 Å². The van der Waals surface area contributed by atoms with Crippen molar-refractivity contribution in [3.05, 3.63) is 82.8 Å². The van der Waals surface area contributed by atoms with Crippen LogP contribution in [0.15, 0.2) is 54.6 Å². The molecule has 1 unspecified atom stereocenters. The van der Waals surface area contributed by atoms with Crippen LogP contribution in [0.2, 0.25) is 0 Å². The van der Waals surface area contributed by atoms with Gasteiger partial charge in [0.15, 0.2) is 0 Å². The van der Waals surface area contributed by atoms with Gasteiger partial charge in [-0.25, -0.2) is 13.9 Å². The lowest BCUT2D eigenvalue weighted by molar-refractivity contribution is 0.0748. The van der Waals surface area contributed by atoms with Gasteiger partial charge < -0.3 is 24.4 Å². The van der Waals surface area contributed by atoms with Crippen LogP contribution in [0.25, 0.3) is 16.6 Å². The second kappa shape index (κ2) is 10.8. The first-order valence-electron chi connectivity index (χ1n) is 13.7. The number of aromatic nitrogens is 2. The normalized spacial score (nSPS) is 17.0. The Labute approximate surface area is 236 Å². The summed E-state index contributed by atoms with van der Waals surface area (Å²) in [5, 5.41) is 14.8. The van der Waals surface area contributed by atoms with E-state index in [1.54, 1.807) is 29.9 Å². The molecule has 2 amide bonds. The molecule has 1 N–H and O–H groups in total. The Hall–Kier alpha value is -4.60. The minimum absolute atomic E-state index is 0.133. The third-order valence-corrected chi connectivity index (χ3v) is 8.13. The topological polar surface area (TPSA) is 97.1 Å². The number of rotatable bonds is 6. The van der Waals surface area contributed by atoms with E-state index in [0.29, 0.717) is 60.6 Å². The third-order valence-electron chi connectivity index (χ3n) is 8.13. The van der Waals surface area contributed by atoms with Crippen LogP contribution in [0.3, 0.4) is 0 Å². The highest BCUT2D eigenvalue weighted by atomic mass is 19.1. The van der Waals surface area contributed by atoms with Crippen molar-refractivity contribution in [1.29, 1.82) is 0 Å². The maximum Gasteiger partial charge on any atom is 0.407 e. The Morgan fingerprint density at radius 3 is 2.61 bits per heavy atom. The van der Waals surface area contributed by atoms with Crippen LogP contribution in [0.1, 0.15) is 45.9 Å². The molecule has 1 aromatic heterocycles. The Balaban J connectivity index is 1.32. The van der Waals surface area contributed by atoms with Gasteiger partial charge in [0.05, 0.1) is 36.7 Å². The van der Waals surface area contributed by atoms with Crippen molar-refractivity contribution in [3.63, 3.8) is 0 Å². The highest BCUT2D eigenvalue weighted by Crippen LogP contribution is 2.33. The average molecular weight is 559 g/mol. The van der Waals surface area contributed by atoms with E-state index in [9.17, 15) is 19.1 Å². The first-order chi connectivity index (χ1) is 19.9. The number of carboxylic acid groups (broad SMARTS) is 1. The van der Waals surface area contributed by atoms with Crippen molar-refractivity contribution in [1.82, 2.24) is 19.6 Å². The lowest BCUT2D eigenvalue weighted by Gasteiger charge is -2.31.